The molecule has 0 saturated carbocycles. The van der Waals surface area contributed by atoms with Gasteiger partial charge in [0, 0.05) is 16.8 Å². The summed E-state index contributed by atoms with van der Waals surface area (Å²) in [6.07, 6.45) is 1.19. The summed E-state index contributed by atoms with van der Waals surface area (Å²) in [4.78, 5) is 0. The molecule has 0 aromatic heterocycles. The van der Waals surface area contributed by atoms with Gasteiger partial charge in [0.1, 0.15) is 0 Å². The smallest absolute Gasteiger partial charge is 0.0410 e. The van der Waals surface area contributed by atoms with Crippen molar-refractivity contribution < 1.29 is 0 Å². The number of halogens is 1. The maximum Gasteiger partial charge on any atom is 0.0410 e. The Bertz CT molecular complexity index is 322. The molecule has 0 amide bonds. The highest BCUT2D eigenvalue weighted by Crippen LogP contribution is 2.35. The Morgan fingerprint density at radius 1 is 1.38 bits per heavy atom. The molecular weight excluding hydrogens is 182 g/mol. The third-order valence-electron chi connectivity index (χ3n) is 2.65. The topological polar surface area (TPSA) is 12.0 Å². The summed E-state index contributed by atoms with van der Waals surface area (Å²) in [6.45, 7) is 4.47. The highest BCUT2D eigenvalue weighted by atomic mass is 35.5. The lowest BCUT2D eigenvalue weighted by Gasteiger charge is -2.29. The molecule has 2 unspecified atom stereocenters. The number of rotatable bonds is 0. The van der Waals surface area contributed by atoms with Gasteiger partial charge in [0.15, 0.2) is 0 Å². The van der Waals surface area contributed by atoms with E-state index < -0.39 is 0 Å². The van der Waals surface area contributed by atoms with Crippen LogP contribution < -0.4 is 5.32 Å². The van der Waals surface area contributed by atoms with Crippen LogP contribution in [0.3, 0.4) is 0 Å². The maximum atomic E-state index is 5.95. The highest BCUT2D eigenvalue weighted by Gasteiger charge is 2.20. The van der Waals surface area contributed by atoms with Gasteiger partial charge in [-0.05, 0) is 43.0 Å². The van der Waals surface area contributed by atoms with Crippen LogP contribution in [0.5, 0.6) is 0 Å². The van der Waals surface area contributed by atoms with Gasteiger partial charge in [0.25, 0.3) is 0 Å². The molecule has 0 spiro atoms. The zero-order valence-electron chi connectivity index (χ0n) is 7.97. The van der Waals surface area contributed by atoms with E-state index in [0.717, 1.165) is 5.02 Å². The van der Waals surface area contributed by atoms with Crippen LogP contribution >= 0.6 is 11.6 Å². The molecular formula is C11H14ClN. The number of benzene rings is 1. The first-order chi connectivity index (χ1) is 6.16. The van der Waals surface area contributed by atoms with E-state index >= 15 is 0 Å². The predicted octanol–water partition coefficient (Wildman–Crippen LogP) is 3.65. The normalized spacial score (nSPS) is 26.4. The second kappa shape index (κ2) is 3.22. The lowest BCUT2D eigenvalue weighted by molar-refractivity contribution is 0.590. The minimum Gasteiger partial charge on any atom is -0.382 e. The second-order valence-corrected chi connectivity index (χ2v) is 4.35. The Morgan fingerprint density at radius 3 is 2.92 bits per heavy atom. The van der Waals surface area contributed by atoms with Crippen LogP contribution in [0.1, 0.15) is 31.7 Å². The van der Waals surface area contributed by atoms with Gasteiger partial charge in [-0.3, -0.25) is 0 Å². The van der Waals surface area contributed by atoms with E-state index in [-0.39, 0.29) is 0 Å². The predicted molar refractivity (Wildman–Crippen MR) is 57.6 cm³/mol. The van der Waals surface area contributed by atoms with Crippen molar-refractivity contribution in [3.8, 4) is 0 Å². The third-order valence-corrected chi connectivity index (χ3v) is 2.89. The molecule has 2 rings (SSSR count). The Hall–Kier alpha value is -0.690. The second-order valence-electron chi connectivity index (χ2n) is 3.91. The average molecular weight is 196 g/mol. The quantitative estimate of drug-likeness (QED) is 0.667. The van der Waals surface area contributed by atoms with E-state index in [0.29, 0.717) is 12.0 Å². The molecule has 1 heterocycles. The molecule has 1 aliphatic rings. The van der Waals surface area contributed by atoms with E-state index in [1.54, 1.807) is 0 Å². The maximum absolute atomic E-state index is 5.95. The molecule has 1 N–H and O–H groups in total. The van der Waals surface area contributed by atoms with E-state index in [1.807, 2.05) is 6.07 Å². The molecule has 1 aliphatic heterocycles. The number of hydrogen-bond acceptors (Lipinski definition) is 1. The van der Waals surface area contributed by atoms with Crippen molar-refractivity contribution in [2.75, 3.05) is 5.32 Å². The standard InChI is InChI=1S/C11H14ClN/c1-7-5-8(2)13-11-4-3-9(12)6-10(7)11/h3-4,6-8,13H,5H2,1-2H3. The Morgan fingerprint density at radius 2 is 2.15 bits per heavy atom. The van der Waals surface area contributed by atoms with Gasteiger partial charge in [-0.2, -0.15) is 0 Å². The van der Waals surface area contributed by atoms with Gasteiger partial charge in [0.05, 0.1) is 0 Å². The fourth-order valence-electron chi connectivity index (χ4n) is 2.05. The highest BCUT2D eigenvalue weighted by molar-refractivity contribution is 6.30. The summed E-state index contributed by atoms with van der Waals surface area (Å²) in [5, 5.41) is 4.29. The van der Waals surface area contributed by atoms with Crippen LogP contribution in [0.2, 0.25) is 5.02 Å². The van der Waals surface area contributed by atoms with Gasteiger partial charge >= 0.3 is 0 Å². The van der Waals surface area contributed by atoms with Crippen LogP contribution in [0.4, 0.5) is 5.69 Å². The lowest BCUT2D eigenvalue weighted by Crippen LogP contribution is -2.23. The van der Waals surface area contributed by atoms with Crippen LogP contribution in [-0.2, 0) is 0 Å². The summed E-state index contributed by atoms with van der Waals surface area (Å²) in [6, 6.07) is 6.66. The fraction of sp³-hybridized carbons (Fsp3) is 0.455. The molecule has 0 radical (unpaired) electrons. The molecule has 2 heteroatoms. The van der Waals surface area contributed by atoms with E-state index in [4.69, 9.17) is 11.6 Å². The molecule has 0 bridgehead atoms. The molecule has 2 atom stereocenters. The van der Waals surface area contributed by atoms with E-state index in [9.17, 15) is 0 Å². The summed E-state index contributed by atoms with van der Waals surface area (Å²) >= 11 is 5.95. The molecule has 70 valence electrons. The summed E-state index contributed by atoms with van der Waals surface area (Å²) < 4.78 is 0. The molecule has 1 aromatic rings. The molecule has 13 heavy (non-hydrogen) atoms. The molecule has 1 aromatic carbocycles. The monoisotopic (exact) mass is 195 g/mol. The first-order valence-corrected chi connectivity index (χ1v) is 5.10. The number of nitrogens with one attached hydrogen (secondary N) is 1. The van der Waals surface area contributed by atoms with Crippen LogP contribution in [-0.4, -0.2) is 6.04 Å². The summed E-state index contributed by atoms with van der Waals surface area (Å²) in [5.41, 5.74) is 2.60. The SMILES string of the molecule is CC1CC(C)c2cc(Cl)ccc2N1. The Kier molecular flexibility index (Phi) is 2.20. The van der Waals surface area contributed by atoms with Gasteiger partial charge in [-0.25, -0.2) is 0 Å². The van der Waals surface area contributed by atoms with Crippen molar-refractivity contribution in [3.63, 3.8) is 0 Å². The van der Waals surface area contributed by atoms with Gasteiger partial charge in [0.2, 0.25) is 0 Å². The van der Waals surface area contributed by atoms with Crippen molar-refractivity contribution in [3.05, 3.63) is 28.8 Å². The fourth-order valence-corrected chi connectivity index (χ4v) is 2.23. The lowest BCUT2D eigenvalue weighted by atomic mass is 9.89. The van der Waals surface area contributed by atoms with Crippen molar-refractivity contribution in [2.24, 2.45) is 0 Å². The number of hydrogen-bond donors (Lipinski definition) is 1. The molecule has 0 saturated heterocycles. The van der Waals surface area contributed by atoms with Crippen LogP contribution in [0.25, 0.3) is 0 Å². The Balaban J connectivity index is 2.43. The van der Waals surface area contributed by atoms with Gasteiger partial charge < -0.3 is 5.32 Å². The minimum absolute atomic E-state index is 0.573. The minimum atomic E-state index is 0.573. The Labute approximate surface area is 84.1 Å². The zero-order valence-corrected chi connectivity index (χ0v) is 8.73. The first-order valence-electron chi connectivity index (χ1n) is 4.73. The molecule has 0 fully saturated rings. The van der Waals surface area contributed by atoms with Crippen molar-refractivity contribution in [1.29, 1.82) is 0 Å². The molecule has 1 nitrogen and oxygen atoms in total. The third kappa shape index (κ3) is 1.66. The van der Waals surface area contributed by atoms with Crippen LogP contribution in [0.15, 0.2) is 18.2 Å². The van der Waals surface area contributed by atoms with Crippen molar-refractivity contribution in [2.45, 2.75) is 32.2 Å². The van der Waals surface area contributed by atoms with Gasteiger partial charge in [-0.1, -0.05) is 18.5 Å². The van der Waals surface area contributed by atoms with Gasteiger partial charge in [-0.15, -0.1) is 0 Å². The van der Waals surface area contributed by atoms with Crippen molar-refractivity contribution >= 4 is 17.3 Å². The first kappa shape index (κ1) is 8.89. The number of anilines is 1. The zero-order chi connectivity index (χ0) is 9.42. The molecule has 0 aliphatic carbocycles. The summed E-state index contributed by atoms with van der Waals surface area (Å²) in [7, 11) is 0. The average Bonchev–Trinajstić information content (AvgIpc) is 2.06. The summed E-state index contributed by atoms with van der Waals surface area (Å²) in [5.74, 6) is 0.616. The largest absolute Gasteiger partial charge is 0.382 e. The van der Waals surface area contributed by atoms with E-state index in [2.05, 4.69) is 31.3 Å². The van der Waals surface area contributed by atoms with E-state index in [1.165, 1.54) is 17.7 Å². The number of fused-ring (bicyclic) bond motifs is 1. The van der Waals surface area contributed by atoms with Crippen LogP contribution in [0, 0.1) is 0 Å². The van der Waals surface area contributed by atoms with Crippen molar-refractivity contribution in [1.82, 2.24) is 0 Å².